The van der Waals surface area contributed by atoms with E-state index in [1.165, 1.54) is 18.3 Å². The van der Waals surface area contributed by atoms with Crippen LogP contribution in [-0.4, -0.2) is 23.2 Å². The summed E-state index contributed by atoms with van der Waals surface area (Å²) in [6.45, 7) is 0.508. The van der Waals surface area contributed by atoms with Gasteiger partial charge in [-0.15, -0.1) is 0 Å². The third-order valence-corrected chi connectivity index (χ3v) is 4.46. The van der Waals surface area contributed by atoms with Crippen LogP contribution in [0.25, 0.3) is 0 Å². The van der Waals surface area contributed by atoms with Crippen molar-refractivity contribution in [3.8, 4) is 0 Å². The lowest BCUT2D eigenvalue weighted by Gasteiger charge is -2.04. The van der Waals surface area contributed by atoms with Gasteiger partial charge in [-0.25, -0.2) is 0 Å². The van der Waals surface area contributed by atoms with Crippen LogP contribution in [0.1, 0.15) is 32.0 Å². The fourth-order valence-electron chi connectivity index (χ4n) is 2.55. The molecule has 0 saturated carbocycles. The molecular formula is C20H16Cl2N2O2. The van der Waals surface area contributed by atoms with Crippen LogP contribution < -0.4 is 5.32 Å². The Morgan fingerprint density at radius 2 is 1.77 bits per heavy atom. The zero-order valence-corrected chi connectivity index (χ0v) is 15.3. The summed E-state index contributed by atoms with van der Waals surface area (Å²) in [6.07, 6.45) is 2.23. The van der Waals surface area contributed by atoms with Crippen molar-refractivity contribution in [3.63, 3.8) is 0 Å². The lowest BCUT2D eigenvalue weighted by molar-refractivity contribution is 0.0949. The van der Waals surface area contributed by atoms with E-state index >= 15 is 0 Å². The Bertz CT molecular complexity index is 936. The van der Waals surface area contributed by atoms with Crippen molar-refractivity contribution in [1.29, 1.82) is 0 Å². The molecule has 3 aromatic rings. The van der Waals surface area contributed by atoms with Gasteiger partial charge in [0.05, 0.1) is 5.02 Å². The van der Waals surface area contributed by atoms with Gasteiger partial charge < -0.3 is 10.3 Å². The van der Waals surface area contributed by atoms with Crippen molar-refractivity contribution in [2.45, 2.75) is 6.42 Å². The molecule has 0 aliphatic heterocycles. The molecule has 0 unspecified atom stereocenters. The predicted molar refractivity (Wildman–Crippen MR) is 103 cm³/mol. The second-order valence-electron chi connectivity index (χ2n) is 5.75. The Labute approximate surface area is 161 Å². The molecule has 0 aliphatic carbocycles. The summed E-state index contributed by atoms with van der Waals surface area (Å²) in [5, 5.41) is 3.57. The Morgan fingerprint density at radius 1 is 1.00 bits per heavy atom. The first-order valence-corrected chi connectivity index (χ1v) is 8.80. The van der Waals surface area contributed by atoms with Gasteiger partial charge in [0, 0.05) is 28.9 Å². The van der Waals surface area contributed by atoms with Crippen LogP contribution in [0.15, 0.2) is 60.8 Å². The molecule has 0 radical (unpaired) electrons. The van der Waals surface area contributed by atoms with Gasteiger partial charge in [0.15, 0.2) is 5.78 Å². The van der Waals surface area contributed by atoms with Crippen molar-refractivity contribution in [2.75, 3.05) is 6.54 Å². The Kier molecular flexibility index (Phi) is 5.76. The summed E-state index contributed by atoms with van der Waals surface area (Å²) in [7, 11) is 0. The number of aromatic nitrogens is 1. The number of aromatic amines is 1. The van der Waals surface area contributed by atoms with Crippen LogP contribution in [0.5, 0.6) is 0 Å². The smallest absolute Gasteiger partial charge is 0.267 e. The van der Waals surface area contributed by atoms with Gasteiger partial charge in [-0.2, -0.15) is 0 Å². The first-order valence-electron chi connectivity index (χ1n) is 8.05. The Morgan fingerprint density at radius 3 is 2.50 bits per heavy atom. The van der Waals surface area contributed by atoms with Crippen LogP contribution in [0, 0.1) is 0 Å². The molecule has 1 aromatic heterocycles. The molecule has 2 aromatic carbocycles. The summed E-state index contributed by atoms with van der Waals surface area (Å²) < 4.78 is 0. The lowest BCUT2D eigenvalue weighted by Crippen LogP contribution is -2.25. The zero-order valence-electron chi connectivity index (χ0n) is 13.8. The molecule has 0 spiro atoms. The number of carbonyl (C=O) groups excluding carboxylic acids is 2. The minimum atomic E-state index is -0.272. The van der Waals surface area contributed by atoms with Crippen molar-refractivity contribution < 1.29 is 9.59 Å². The number of benzene rings is 2. The average molecular weight is 387 g/mol. The van der Waals surface area contributed by atoms with Gasteiger partial charge in [0.25, 0.3) is 5.91 Å². The summed E-state index contributed by atoms with van der Waals surface area (Å²) in [5.74, 6) is -0.534. The molecule has 0 aliphatic rings. The first kappa shape index (κ1) is 18.2. The number of carbonyl (C=O) groups is 2. The topological polar surface area (TPSA) is 62.0 Å². The molecule has 4 nitrogen and oxygen atoms in total. The second-order valence-corrected chi connectivity index (χ2v) is 6.59. The van der Waals surface area contributed by atoms with Crippen LogP contribution in [0.3, 0.4) is 0 Å². The Hall–Kier alpha value is -2.56. The molecule has 3 rings (SSSR count). The number of ketones is 1. The van der Waals surface area contributed by atoms with E-state index in [1.54, 1.807) is 12.1 Å². The second kappa shape index (κ2) is 8.21. The number of rotatable bonds is 6. The zero-order chi connectivity index (χ0) is 18.5. The van der Waals surface area contributed by atoms with Crippen LogP contribution in [0.2, 0.25) is 10.0 Å². The van der Waals surface area contributed by atoms with Gasteiger partial charge >= 0.3 is 0 Å². The Balaban J connectivity index is 1.63. The van der Waals surface area contributed by atoms with E-state index in [9.17, 15) is 9.59 Å². The maximum Gasteiger partial charge on any atom is 0.267 e. The summed E-state index contributed by atoms with van der Waals surface area (Å²) in [6, 6.07) is 16.1. The summed E-state index contributed by atoms with van der Waals surface area (Å²) in [5.41, 5.74) is 2.17. The lowest BCUT2D eigenvalue weighted by atomic mass is 10.1. The summed E-state index contributed by atoms with van der Waals surface area (Å²) in [4.78, 5) is 27.6. The molecule has 6 heteroatoms. The number of hydrogen-bond acceptors (Lipinski definition) is 2. The first-order chi connectivity index (χ1) is 12.5. The minimum Gasteiger partial charge on any atom is -0.356 e. The van der Waals surface area contributed by atoms with Crippen molar-refractivity contribution in [2.24, 2.45) is 0 Å². The van der Waals surface area contributed by atoms with E-state index in [-0.39, 0.29) is 16.7 Å². The largest absolute Gasteiger partial charge is 0.356 e. The molecule has 26 heavy (non-hydrogen) atoms. The van der Waals surface area contributed by atoms with Gasteiger partial charge in [-0.05, 0) is 36.2 Å². The maximum absolute atomic E-state index is 12.5. The van der Waals surface area contributed by atoms with E-state index in [0.717, 1.165) is 12.0 Å². The SMILES string of the molecule is O=C(NCCc1ccccc1)c1cc(C(=O)c2ccc(Cl)cc2Cl)c[nH]1. The van der Waals surface area contributed by atoms with Crippen molar-refractivity contribution >= 4 is 34.9 Å². The molecule has 0 saturated heterocycles. The quantitative estimate of drug-likeness (QED) is 0.611. The van der Waals surface area contributed by atoms with Crippen molar-refractivity contribution in [3.05, 3.63) is 93.2 Å². The molecule has 0 fully saturated rings. The highest BCUT2D eigenvalue weighted by Crippen LogP contribution is 2.23. The standard InChI is InChI=1S/C20H16Cl2N2O2/c21-15-6-7-16(17(22)11-15)19(25)14-10-18(24-12-14)20(26)23-9-8-13-4-2-1-3-5-13/h1-7,10-12,24H,8-9H2,(H,23,26). The molecule has 2 N–H and O–H groups in total. The fraction of sp³-hybridized carbons (Fsp3) is 0.100. The van der Waals surface area contributed by atoms with E-state index in [1.807, 2.05) is 30.3 Å². The number of halogens is 2. The number of hydrogen-bond donors (Lipinski definition) is 2. The van der Waals surface area contributed by atoms with Crippen LogP contribution >= 0.6 is 23.2 Å². The maximum atomic E-state index is 12.5. The number of amides is 1. The number of nitrogens with one attached hydrogen (secondary N) is 2. The minimum absolute atomic E-state index is 0.262. The van der Waals surface area contributed by atoms with E-state index in [4.69, 9.17) is 23.2 Å². The van der Waals surface area contributed by atoms with Crippen molar-refractivity contribution in [1.82, 2.24) is 10.3 Å². The van der Waals surface area contributed by atoms with Gasteiger partial charge in [0.2, 0.25) is 0 Å². The third-order valence-electron chi connectivity index (χ3n) is 3.91. The predicted octanol–water partition coefficient (Wildman–Crippen LogP) is 4.53. The van der Waals surface area contributed by atoms with E-state index in [2.05, 4.69) is 10.3 Å². The highest BCUT2D eigenvalue weighted by atomic mass is 35.5. The van der Waals surface area contributed by atoms with E-state index in [0.29, 0.717) is 28.4 Å². The van der Waals surface area contributed by atoms with Gasteiger partial charge in [-0.3, -0.25) is 9.59 Å². The van der Waals surface area contributed by atoms with Gasteiger partial charge in [-0.1, -0.05) is 53.5 Å². The molecule has 132 valence electrons. The highest BCUT2D eigenvalue weighted by Gasteiger charge is 2.17. The number of H-pyrrole nitrogens is 1. The summed E-state index contributed by atoms with van der Waals surface area (Å²) >= 11 is 11.9. The fourth-order valence-corrected chi connectivity index (χ4v) is 3.04. The molecule has 0 bridgehead atoms. The molecular weight excluding hydrogens is 371 g/mol. The van der Waals surface area contributed by atoms with E-state index < -0.39 is 0 Å². The molecule has 1 amide bonds. The van der Waals surface area contributed by atoms with Crippen LogP contribution in [0.4, 0.5) is 0 Å². The average Bonchev–Trinajstić information content (AvgIpc) is 3.12. The third kappa shape index (κ3) is 4.34. The van der Waals surface area contributed by atoms with Crippen LogP contribution in [-0.2, 0) is 6.42 Å². The monoisotopic (exact) mass is 386 g/mol. The molecule has 0 atom stereocenters. The normalized spacial score (nSPS) is 10.5. The van der Waals surface area contributed by atoms with Gasteiger partial charge in [0.1, 0.15) is 5.69 Å². The highest BCUT2D eigenvalue weighted by molar-refractivity contribution is 6.37. The molecule has 1 heterocycles.